The number of carbonyl (C=O) groups is 3. The van der Waals surface area contributed by atoms with Crippen LogP contribution in [0.4, 0.5) is 5.69 Å². The van der Waals surface area contributed by atoms with Crippen molar-refractivity contribution in [1.82, 2.24) is 16.0 Å². The van der Waals surface area contributed by atoms with Crippen LogP contribution in [0, 0.1) is 0 Å². The van der Waals surface area contributed by atoms with Crippen LogP contribution in [0.25, 0.3) is 0 Å². The van der Waals surface area contributed by atoms with Crippen molar-refractivity contribution in [3.05, 3.63) is 58.1 Å². The number of benzene rings is 2. The molecule has 0 fully saturated rings. The molecule has 0 bridgehead atoms. The molecule has 1 aliphatic rings. The predicted molar refractivity (Wildman–Crippen MR) is 128 cm³/mol. The van der Waals surface area contributed by atoms with Crippen LogP contribution in [-0.2, 0) is 9.59 Å². The average molecular weight is 534 g/mol. The maximum atomic E-state index is 12.5. The third kappa shape index (κ3) is 7.18. The van der Waals surface area contributed by atoms with Gasteiger partial charge in [0.15, 0.2) is 5.96 Å². The number of amides is 2. The number of halogens is 1. The third-order valence-electron chi connectivity index (χ3n) is 4.84. The minimum Gasteiger partial charge on any atom is -0.508 e. The summed E-state index contributed by atoms with van der Waals surface area (Å²) in [7, 11) is 0. The first-order valence-electron chi connectivity index (χ1n) is 10.3. The number of nitrogens with one attached hydrogen (secondary N) is 4. The number of hydrogen-bond donors (Lipinski definition) is 7. The molecule has 12 heteroatoms. The number of aliphatic carboxylic acids is 1. The van der Waals surface area contributed by atoms with Crippen molar-refractivity contribution in [2.75, 3.05) is 25.0 Å². The number of hydrogen-bond acceptors (Lipinski definition) is 8. The Labute approximate surface area is 203 Å². The quantitative estimate of drug-likeness (QED) is 0.262. The number of nitrogens with zero attached hydrogens (tertiary/aromatic N) is 1. The van der Waals surface area contributed by atoms with Crippen molar-refractivity contribution in [2.45, 2.75) is 18.6 Å². The molecule has 34 heavy (non-hydrogen) atoms. The highest BCUT2D eigenvalue weighted by Crippen LogP contribution is 2.29. The molecule has 2 unspecified atom stereocenters. The predicted octanol–water partition coefficient (Wildman–Crippen LogP) is 0.949. The van der Waals surface area contributed by atoms with Crippen LogP contribution in [0.1, 0.15) is 28.4 Å². The molecule has 3 rings (SSSR count). The summed E-state index contributed by atoms with van der Waals surface area (Å²) < 4.78 is 0.609. The van der Waals surface area contributed by atoms with Crippen LogP contribution < -0.4 is 21.3 Å². The molecule has 2 aromatic rings. The number of carbonyl (C=O) groups excluding carboxylic acids is 2. The monoisotopic (exact) mass is 533 g/mol. The van der Waals surface area contributed by atoms with Crippen molar-refractivity contribution in [3.8, 4) is 5.75 Å². The van der Waals surface area contributed by atoms with Crippen molar-refractivity contribution >= 4 is 45.4 Å². The molecule has 2 aromatic carbocycles. The van der Waals surface area contributed by atoms with Crippen molar-refractivity contribution in [1.29, 1.82) is 0 Å². The second-order valence-electron chi connectivity index (χ2n) is 7.53. The lowest BCUT2D eigenvalue weighted by molar-refractivity contribution is -0.137. The number of carboxylic acids is 1. The van der Waals surface area contributed by atoms with Gasteiger partial charge in [-0.05, 0) is 36.4 Å². The number of β-amino-alcohol motifs (C(OH)–C–C–N with tert-alkyl or cyclic N) is 1. The fourth-order valence-electron chi connectivity index (χ4n) is 3.22. The van der Waals surface area contributed by atoms with Crippen molar-refractivity contribution in [2.24, 2.45) is 4.99 Å². The fraction of sp³-hybridized carbons (Fsp3) is 0.273. The molecule has 11 nitrogen and oxygen atoms in total. The SMILES string of the molecule is O=C(O)CC(NC(=O)CNC(=O)c1cccc(NC2=NCC(O)CN2)c1)c1cc(Br)ccc1O. The first-order valence-corrected chi connectivity index (χ1v) is 11.1. The summed E-state index contributed by atoms with van der Waals surface area (Å²) in [5.41, 5.74) is 1.12. The van der Waals surface area contributed by atoms with E-state index in [-0.39, 0.29) is 17.9 Å². The zero-order valence-electron chi connectivity index (χ0n) is 17.9. The molecule has 0 saturated carbocycles. The molecular formula is C22H24BrN5O6. The van der Waals surface area contributed by atoms with Gasteiger partial charge in [0.25, 0.3) is 5.91 Å². The van der Waals surface area contributed by atoms with Gasteiger partial charge >= 0.3 is 5.97 Å². The number of aliphatic hydroxyl groups excluding tert-OH is 1. The van der Waals surface area contributed by atoms with E-state index in [0.29, 0.717) is 28.2 Å². The lowest BCUT2D eigenvalue weighted by Gasteiger charge is -2.20. The topological polar surface area (TPSA) is 172 Å². The van der Waals surface area contributed by atoms with Gasteiger partial charge in [0.1, 0.15) is 5.75 Å². The van der Waals surface area contributed by atoms with Gasteiger partial charge in [-0.2, -0.15) is 0 Å². The van der Waals surface area contributed by atoms with Crippen LogP contribution in [0.15, 0.2) is 51.9 Å². The second-order valence-corrected chi connectivity index (χ2v) is 8.45. The van der Waals surface area contributed by atoms with E-state index < -0.39 is 42.9 Å². The van der Waals surface area contributed by atoms with Crippen molar-refractivity contribution in [3.63, 3.8) is 0 Å². The van der Waals surface area contributed by atoms with Crippen LogP contribution in [0.2, 0.25) is 0 Å². The summed E-state index contributed by atoms with van der Waals surface area (Å²) in [5.74, 6) is -1.97. The summed E-state index contributed by atoms with van der Waals surface area (Å²) in [4.78, 5) is 40.4. The van der Waals surface area contributed by atoms with Gasteiger partial charge in [-0.15, -0.1) is 0 Å². The van der Waals surface area contributed by atoms with E-state index in [1.807, 2.05) is 0 Å². The average Bonchev–Trinajstić information content (AvgIpc) is 2.80. The van der Waals surface area contributed by atoms with Gasteiger partial charge in [0.2, 0.25) is 5.91 Å². The molecular weight excluding hydrogens is 510 g/mol. The van der Waals surface area contributed by atoms with Gasteiger partial charge in [-0.1, -0.05) is 22.0 Å². The minimum atomic E-state index is -1.16. The second kappa shape index (κ2) is 11.5. The van der Waals surface area contributed by atoms with E-state index in [2.05, 4.69) is 42.2 Å². The zero-order valence-corrected chi connectivity index (χ0v) is 19.5. The van der Waals surface area contributed by atoms with E-state index in [1.54, 1.807) is 30.3 Å². The standard InChI is InChI=1S/C22H24BrN5O6/c23-13-4-5-18(30)16(7-13)17(8-20(32)33)28-19(31)11-24-21(34)12-2-1-3-14(6-12)27-22-25-9-15(29)10-26-22/h1-7,15,17,29-30H,8-11H2,(H,24,34)(H,28,31)(H,32,33)(H2,25,26,27). The molecule has 0 aliphatic carbocycles. The van der Waals surface area contributed by atoms with E-state index in [1.165, 1.54) is 12.1 Å². The Hall–Kier alpha value is -3.64. The van der Waals surface area contributed by atoms with Crippen LogP contribution >= 0.6 is 15.9 Å². The largest absolute Gasteiger partial charge is 0.508 e. The smallest absolute Gasteiger partial charge is 0.305 e. The van der Waals surface area contributed by atoms with Crippen LogP contribution in [0.5, 0.6) is 5.75 Å². The lowest BCUT2D eigenvalue weighted by Crippen LogP contribution is -2.42. The van der Waals surface area contributed by atoms with Gasteiger partial charge in [-0.25, -0.2) is 0 Å². The Kier molecular flexibility index (Phi) is 8.44. The number of anilines is 1. The molecule has 0 spiro atoms. The number of phenols is 1. The Balaban J connectivity index is 1.59. The summed E-state index contributed by atoms with van der Waals surface area (Å²) in [5, 5.41) is 39.7. The van der Waals surface area contributed by atoms with E-state index in [0.717, 1.165) is 0 Å². The summed E-state index contributed by atoms with van der Waals surface area (Å²) in [6, 6.07) is 10.1. The normalized spacial score (nSPS) is 15.9. The summed E-state index contributed by atoms with van der Waals surface area (Å²) in [6.45, 7) is 0.237. The Morgan fingerprint density at radius 1 is 1.21 bits per heavy atom. The van der Waals surface area contributed by atoms with Gasteiger partial charge < -0.3 is 36.6 Å². The molecule has 0 aromatic heterocycles. The molecule has 0 saturated heterocycles. The number of aliphatic imine (C=N–C) groups is 1. The first-order chi connectivity index (χ1) is 16.2. The molecule has 2 amide bonds. The maximum absolute atomic E-state index is 12.5. The summed E-state index contributed by atoms with van der Waals surface area (Å²) >= 11 is 3.26. The van der Waals surface area contributed by atoms with Crippen LogP contribution in [-0.4, -0.2) is 64.8 Å². The number of guanidine groups is 1. The maximum Gasteiger partial charge on any atom is 0.305 e. The number of aliphatic hydroxyl groups is 1. The number of rotatable bonds is 8. The molecule has 180 valence electrons. The van der Waals surface area contributed by atoms with Gasteiger partial charge in [-0.3, -0.25) is 19.4 Å². The lowest BCUT2D eigenvalue weighted by atomic mass is 10.0. The van der Waals surface area contributed by atoms with Gasteiger partial charge in [0, 0.05) is 27.8 Å². The van der Waals surface area contributed by atoms with Gasteiger partial charge in [0.05, 0.1) is 31.7 Å². The van der Waals surface area contributed by atoms with E-state index in [4.69, 9.17) is 0 Å². The highest BCUT2D eigenvalue weighted by atomic mass is 79.9. The number of carboxylic acid groups (broad SMARTS) is 1. The van der Waals surface area contributed by atoms with E-state index >= 15 is 0 Å². The van der Waals surface area contributed by atoms with Crippen LogP contribution in [0.3, 0.4) is 0 Å². The third-order valence-corrected chi connectivity index (χ3v) is 5.33. The Morgan fingerprint density at radius 3 is 2.71 bits per heavy atom. The number of phenolic OH excluding ortho intramolecular Hbond substituents is 1. The molecule has 7 N–H and O–H groups in total. The first kappa shape index (κ1) is 25.0. The Morgan fingerprint density at radius 2 is 2.00 bits per heavy atom. The summed E-state index contributed by atoms with van der Waals surface area (Å²) in [6.07, 6.45) is -0.997. The molecule has 2 atom stereocenters. The highest BCUT2D eigenvalue weighted by molar-refractivity contribution is 9.10. The highest BCUT2D eigenvalue weighted by Gasteiger charge is 2.22. The van der Waals surface area contributed by atoms with Crippen molar-refractivity contribution < 1.29 is 29.7 Å². The zero-order chi connectivity index (χ0) is 24.7. The molecule has 1 aliphatic heterocycles. The molecule has 0 radical (unpaired) electrons. The number of aromatic hydroxyl groups is 1. The van der Waals surface area contributed by atoms with E-state index in [9.17, 15) is 29.7 Å². The Bertz CT molecular complexity index is 1110. The fourth-order valence-corrected chi connectivity index (χ4v) is 3.59. The minimum absolute atomic E-state index is 0.158. The molecule has 1 heterocycles.